The molecule has 0 aliphatic rings. The molecule has 0 spiro atoms. The summed E-state index contributed by atoms with van der Waals surface area (Å²) < 4.78 is 3.50. The van der Waals surface area contributed by atoms with Crippen molar-refractivity contribution in [3.8, 4) is 5.69 Å². The van der Waals surface area contributed by atoms with Gasteiger partial charge in [-0.25, -0.2) is 4.57 Å². The topological polar surface area (TPSA) is 81.3 Å². The maximum atomic E-state index is 13.5. The third-order valence-electron chi connectivity index (χ3n) is 6.37. The Bertz CT molecular complexity index is 1420. The van der Waals surface area contributed by atoms with E-state index in [2.05, 4.69) is 29.4 Å². The summed E-state index contributed by atoms with van der Waals surface area (Å²) >= 11 is 1.33. The number of nitrogens with zero attached hydrogens (tertiary/aromatic N) is 4. The lowest BCUT2D eigenvalue weighted by Gasteiger charge is -2.15. The monoisotopic (exact) mass is 491 g/mol. The Morgan fingerprint density at radius 1 is 1.03 bits per heavy atom. The Hall–Kier alpha value is -3.13. The van der Waals surface area contributed by atoms with Gasteiger partial charge in [0.25, 0.3) is 5.56 Å². The van der Waals surface area contributed by atoms with E-state index in [9.17, 15) is 9.59 Å². The lowest BCUT2D eigenvalue weighted by molar-refractivity contribution is -0.119. The maximum Gasteiger partial charge on any atom is 0.267 e. The summed E-state index contributed by atoms with van der Waals surface area (Å²) in [4.78, 5) is 26.2. The van der Waals surface area contributed by atoms with Crippen LogP contribution in [0.5, 0.6) is 0 Å². The van der Waals surface area contributed by atoms with Gasteiger partial charge in [-0.15, -0.1) is 10.2 Å². The molecule has 4 aromatic rings. The second kappa shape index (κ2) is 10.6. The average molecular weight is 492 g/mol. The summed E-state index contributed by atoms with van der Waals surface area (Å²) in [5.74, 6) is 1.31. The SMILES string of the molecule is Cc1cccc(-n2c(=O)c3ccccc3n3c(SCC(=O)N[C@H](C)CCCC(C)C)nnc23)c1C. The number of para-hydroxylation sites is 1. The first-order chi connectivity index (χ1) is 16.8. The summed E-state index contributed by atoms with van der Waals surface area (Å²) in [7, 11) is 0. The van der Waals surface area contributed by atoms with Crippen molar-refractivity contribution in [1.82, 2.24) is 24.5 Å². The van der Waals surface area contributed by atoms with Crippen molar-refractivity contribution in [2.75, 3.05) is 5.75 Å². The second-order valence-electron chi connectivity index (χ2n) is 9.58. The highest BCUT2D eigenvalue weighted by Gasteiger charge is 2.20. The van der Waals surface area contributed by atoms with Crippen LogP contribution in [0.3, 0.4) is 0 Å². The lowest BCUT2D eigenvalue weighted by Crippen LogP contribution is -2.33. The summed E-state index contributed by atoms with van der Waals surface area (Å²) in [6.07, 6.45) is 3.23. The van der Waals surface area contributed by atoms with Gasteiger partial charge in [0.05, 0.1) is 22.3 Å². The Morgan fingerprint density at radius 3 is 2.57 bits per heavy atom. The summed E-state index contributed by atoms with van der Waals surface area (Å²) in [6.45, 7) is 10.5. The number of carbonyl (C=O) groups is 1. The highest BCUT2D eigenvalue weighted by molar-refractivity contribution is 7.99. The van der Waals surface area contributed by atoms with Gasteiger partial charge >= 0.3 is 0 Å². The maximum absolute atomic E-state index is 13.5. The van der Waals surface area contributed by atoms with Crippen molar-refractivity contribution in [2.45, 2.75) is 65.1 Å². The molecule has 0 saturated heterocycles. The van der Waals surface area contributed by atoms with E-state index in [1.165, 1.54) is 11.8 Å². The zero-order valence-electron chi connectivity index (χ0n) is 21.0. The fourth-order valence-corrected chi connectivity index (χ4v) is 5.07. The molecule has 35 heavy (non-hydrogen) atoms. The standard InChI is InChI=1S/C27H33N5O2S/c1-17(2)10-8-12-19(4)28-24(33)16-35-27-30-29-26-31(22-15-9-11-18(3)20(22)5)25(34)21-13-6-7-14-23(21)32(26)27/h6-7,9,11,13-15,17,19H,8,10,12,16H2,1-5H3,(H,28,33)/t19-/m1/s1. The fourth-order valence-electron chi connectivity index (χ4n) is 4.32. The molecule has 8 heteroatoms. The smallest absolute Gasteiger partial charge is 0.267 e. The van der Waals surface area contributed by atoms with Crippen LogP contribution in [0.15, 0.2) is 52.4 Å². The number of rotatable bonds is 9. The lowest BCUT2D eigenvalue weighted by atomic mass is 10.0. The number of nitrogens with one attached hydrogen (secondary N) is 1. The number of hydrogen-bond donors (Lipinski definition) is 1. The molecule has 4 rings (SSSR count). The largest absolute Gasteiger partial charge is 0.353 e. The van der Waals surface area contributed by atoms with Gasteiger partial charge in [0.2, 0.25) is 11.7 Å². The van der Waals surface area contributed by atoms with Crippen LogP contribution in [0.1, 0.15) is 51.2 Å². The second-order valence-corrected chi connectivity index (χ2v) is 10.5. The van der Waals surface area contributed by atoms with Crippen LogP contribution in [0.2, 0.25) is 0 Å². The molecule has 2 aromatic carbocycles. The zero-order valence-corrected chi connectivity index (χ0v) is 21.9. The van der Waals surface area contributed by atoms with Crippen molar-refractivity contribution < 1.29 is 4.79 Å². The molecular formula is C27H33N5O2S. The number of benzene rings is 2. The van der Waals surface area contributed by atoms with Gasteiger partial charge in [0.15, 0.2) is 5.16 Å². The quantitative estimate of drug-likeness (QED) is 0.331. The molecule has 1 atom stereocenters. The summed E-state index contributed by atoms with van der Waals surface area (Å²) in [6, 6.07) is 13.5. The Balaban J connectivity index is 1.66. The average Bonchev–Trinajstić information content (AvgIpc) is 3.24. The number of thioether (sulfide) groups is 1. The Labute approximate surface area is 210 Å². The predicted octanol–water partition coefficient (Wildman–Crippen LogP) is 5.07. The molecular weight excluding hydrogens is 458 g/mol. The van der Waals surface area contributed by atoms with Crippen molar-refractivity contribution in [1.29, 1.82) is 0 Å². The van der Waals surface area contributed by atoms with Crippen molar-refractivity contribution in [2.24, 2.45) is 5.92 Å². The number of fused-ring (bicyclic) bond motifs is 3. The number of hydrogen-bond acceptors (Lipinski definition) is 5. The molecule has 0 aliphatic heterocycles. The van der Waals surface area contributed by atoms with E-state index in [1.54, 1.807) is 4.57 Å². The van der Waals surface area contributed by atoms with E-state index in [0.717, 1.165) is 41.6 Å². The van der Waals surface area contributed by atoms with Crippen LogP contribution >= 0.6 is 11.8 Å². The first-order valence-corrected chi connectivity index (χ1v) is 13.1. The molecule has 0 aliphatic carbocycles. The van der Waals surface area contributed by atoms with Crippen LogP contribution in [-0.4, -0.2) is 36.9 Å². The van der Waals surface area contributed by atoms with Crippen LogP contribution < -0.4 is 10.9 Å². The Kier molecular flexibility index (Phi) is 7.60. The Morgan fingerprint density at radius 2 is 1.80 bits per heavy atom. The van der Waals surface area contributed by atoms with Crippen LogP contribution in [0.25, 0.3) is 22.4 Å². The van der Waals surface area contributed by atoms with Gasteiger partial charge < -0.3 is 5.32 Å². The fraction of sp³-hybridized carbons (Fsp3) is 0.407. The molecule has 0 unspecified atom stereocenters. The number of carbonyl (C=O) groups excluding carboxylic acids is 1. The molecule has 2 aromatic heterocycles. The van der Waals surface area contributed by atoms with E-state index < -0.39 is 0 Å². The van der Waals surface area contributed by atoms with Gasteiger partial charge in [-0.3, -0.25) is 14.0 Å². The molecule has 1 N–H and O–H groups in total. The van der Waals surface area contributed by atoms with Gasteiger partial charge in [-0.2, -0.15) is 0 Å². The minimum Gasteiger partial charge on any atom is -0.353 e. The highest BCUT2D eigenvalue weighted by atomic mass is 32.2. The van der Waals surface area contributed by atoms with Crippen LogP contribution in [0, 0.1) is 19.8 Å². The summed E-state index contributed by atoms with van der Waals surface area (Å²) in [5.41, 5.74) is 3.47. The zero-order chi connectivity index (χ0) is 25.1. The van der Waals surface area contributed by atoms with Crippen molar-refractivity contribution >= 4 is 34.3 Å². The molecule has 1 amide bonds. The van der Waals surface area contributed by atoms with E-state index in [0.29, 0.717) is 22.2 Å². The minimum atomic E-state index is -0.140. The van der Waals surface area contributed by atoms with Crippen molar-refractivity contribution in [3.05, 3.63) is 63.9 Å². The van der Waals surface area contributed by atoms with Gasteiger partial charge in [0, 0.05) is 6.04 Å². The highest BCUT2D eigenvalue weighted by Crippen LogP contribution is 2.25. The molecule has 2 heterocycles. The van der Waals surface area contributed by atoms with Crippen molar-refractivity contribution in [3.63, 3.8) is 0 Å². The molecule has 0 radical (unpaired) electrons. The van der Waals surface area contributed by atoms with Gasteiger partial charge in [-0.05, 0) is 62.4 Å². The molecule has 7 nitrogen and oxygen atoms in total. The van der Waals surface area contributed by atoms with E-state index in [1.807, 2.05) is 67.6 Å². The normalized spacial score (nSPS) is 12.5. The number of aryl methyl sites for hydroxylation is 1. The van der Waals surface area contributed by atoms with E-state index in [4.69, 9.17) is 0 Å². The molecule has 184 valence electrons. The number of aromatic nitrogens is 4. The first-order valence-electron chi connectivity index (χ1n) is 12.2. The first kappa shape index (κ1) is 25.0. The number of amides is 1. The van der Waals surface area contributed by atoms with E-state index in [-0.39, 0.29) is 23.3 Å². The predicted molar refractivity (Wildman–Crippen MR) is 143 cm³/mol. The van der Waals surface area contributed by atoms with Gasteiger partial charge in [0.1, 0.15) is 0 Å². The third-order valence-corrected chi connectivity index (χ3v) is 7.30. The molecule has 0 fully saturated rings. The molecule has 0 bridgehead atoms. The van der Waals surface area contributed by atoms with E-state index >= 15 is 0 Å². The molecule has 0 saturated carbocycles. The summed E-state index contributed by atoms with van der Waals surface area (Å²) in [5, 5.41) is 13.0. The minimum absolute atomic E-state index is 0.0315. The van der Waals surface area contributed by atoms with Crippen LogP contribution in [0.4, 0.5) is 0 Å². The third kappa shape index (κ3) is 5.27. The van der Waals surface area contributed by atoms with Crippen LogP contribution in [-0.2, 0) is 4.79 Å². The van der Waals surface area contributed by atoms with Gasteiger partial charge in [-0.1, -0.05) is 62.7 Å².